The van der Waals surface area contributed by atoms with Gasteiger partial charge >= 0.3 is 0 Å². The molecule has 0 heterocycles. The van der Waals surface area contributed by atoms with Crippen LogP contribution in [0.25, 0.3) is 0 Å². The first kappa shape index (κ1) is 11.8. The molecule has 0 aromatic rings. The van der Waals surface area contributed by atoms with Gasteiger partial charge in [-0.25, -0.2) is 0 Å². The van der Waals surface area contributed by atoms with E-state index in [1.54, 1.807) is 0 Å². The number of hydrogen-bond acceptors (Lipinski definition) is 0. The van der Waals surface area contributed by atoms with E-state index in [1.807, 2.05) is 0 Å². The van der Waals surface area contributed by atoms with Gasteiger partial charge in [0.05, 0.1) is 0 Å². The Balaban J connectivity index is 2.23. The van der Waals surface area contributed by atoms with E-state index in [0.717, 1.165) is 17.8 Å². The van der Waals surface area contributed by atoms with E-state index in [1.165, 1.54) is 44.1 Å². The average molecular weight is 194 g/mol. The van der Waals surface area contributed by atoms with E-state index in [-0.39, 0.29) is 0 Å². The Bertz CT molecular complexity index is 168. The number of rotatable bonds is 4. The Morgan fingerprint density at radius 1 is 1.14 bits per heavy atom. The molecule has 0 aromatic carbocycles. The lowest BCUT2D eigenvalue weighted by Gasteiger charge is -2.29. The smallest absolute Gasteiger partial charge is 0.0320 e. The van der Waals surface area contributed by atoms with E-state index in [9.17, 15) is 0 Å². The van der Waals surface area contributed by atoms with E-state index in [4.69, 9.17) is 0 Å². The van der Waals surface area contributed by atoms with Crippen molar-refractivity contribution in [3.05, 3.63) is 12.2 Å². The van der Waals surface area contributed by atoms with Crippen LogP contribution in [0, 0.1) is 17.8 Å². The lowest BCUT2D eigenvalue weighted by atomic mass is 9.77. The van der Waals surface area contributed by atoms with Crippen LogP contribution in [0.3, 0.4) is 0 Å². The van der Waals surface area contributed by atoms with Gasteiger partial charge in [0.15, 0.2) is 0 Å². The van der Waals surface area contributed by atoms with Gasteiger partial charge < -0.3 is 0 Å². The lowest BCUT2D eigenvalue weighted by Crippen LogP contribution is -2.16. The Kier molecular flexibility index (Phi) is 4.71. The van der Waals surface area contributed by atoms with Crippen molar-refractivity contribution in [2.75, 3.05) is 0 Å². The maximum absolute atomic E-state index is 4.08. The summed E-state index contributed by atoms with van der Waals surface area (Å²) in [5, 5.41) is 0. The summed E-state index contributed by atoms with van der Waals surface area (Å²) in [6.45, 7) is 11.2. The standard InChI is InChI=1S/C14H26/c1-11(2)5-8-13(4)14-9-6-12(3)7-10-14/h11,13-14H,3,5-10H2,1-2,4H3. The second kappa shape index (κ2) is 5.58. The molecule has 0 heteroatoms. The quantitative estimate of drug-likeness (QED) is 0.564. The molecule has 14 heavy (non-hydrogen) atoms. The molecule has 0 radical (unpaired) electrons. The largest absolute Gasteiger partial charge is 0.0999 e. The highest BCUT2D eigenvalue weighted by Gasteiger charge is 2.21. The minimum absolute atomic E-state index is 0.871. The molecule has 1 atom stereocenters. The van der Waals surface area contributed by atoms with Crippen LogP contribution in [-0.4, -0.2) is 0 Å². The highest BCUT2D eigenvalue weighted by atomic mass is 14.3. The molecule has 0 bridgehead atoms. The van der Waals surface area contributed by atoms with Crippen LogP contribution in [0.5, 0.6) is 0 Å². The molecule has 0 aliphatic heterocycles. The lowest BCUT2D eigenvalue weighted by molar-refractivity contribution is 0.265. The fourth-order valence-corrected chi connectivity index (χ4v) is 2.45. The molecule has 1 aliphatic rings. The van der Waals surface area contributed by atoms with Crippen molar-refractivity contribution in [3.8, 4) is 0 Å². The van der Waals surface area contributed by atoms with Crippen LogP contribution in [0.2, 0.25) is 0 Å². The first-order valence-electron chi connectivity index (χ1n) is 6.26. The van der Waals surface area contributed by atoms with Gasteiger partial charge in [-0.05, 0) is 43.4 Å². The van der Waals surface area contributed by atoms with E-state index < -0.39 is 0 Å². The van der Waals surface area contributed by atoms with Gasteiger partial charge in [-0.15, -0.1) is 0 Å². The average Bonchev–Trinajstić information content (AvgIpc) is 2.15. The fraction of sp³-hybridized carbons (Fsp3) is 0.857. The van der Waals surface area contributed by atoms with E-state index in [2.05, 4.69) is 27.4 Å². The molecule has 1 aliphatic carbocycles. The van der Waals surface area contributed by atoms with Gasteiger partial charge in [-0.1, -0.05) is 45.8 Å². The normalized spacial score (nSPS) is 21.6. The van der Waals surface area contributed by atoms with Crippen molar-refractivity contribution in [3.63, 3.8) is 0 Å². The Hall–Kier alpha value is -0.260. The topological polar surface area (TPSA) is 0 Å². The Morgan fingerprint density at radius 3 is 2.21 bits per heavy atom. The van der Waals surface area contributed by atoms with Crippen LogP contribution in [0.15, 0.2) is 12.2 Å². The van der Waals surface area contributed by atoms with Crippen molar-refractivity contribution in [2.45, 2.75) is 59.3 Å². The molecule has 1 rings (SSSR count). The first-order valence-corrected chi connectivity index (χ1v) is 6.26. The van der Waals surface area contributed by atoms with Crippen LogP contribution in [0.4, 0.5) is 0 Å². The molecule has 0 N–H and O–H groups in total. The Labute approximate surface area is 89.8 Å². The summed E-state index contributed by atoms with van der Waals surface area (Å²) in [4.78, 5) is 0. The molecule has 0 amide bonds. The van der Waals surface area contributed by atoms with Crippen molar-refractivity contribution in [2.24, 2.45) is 17.8 Å². The van der Waals surface area contributed by atoms with Crippen molar-refractivity contribution in [1.82, 2.24) is 0 Å². The van der Waals surface area contributed by atoms with Gasteiger partial charge in [0.2, 0.25) is 0 Å². The maximum atomic E-state index is 4.08. The molecule has 0 spiro atoms. The summed E-state index contributed by atoms with van der Waals surface area (Å²) < 4.78 is 0. The van der Waals surface area contributed by atoms with Crippen molar-refractivity contribution >= 4 is 0 Å². The maximum Gasteiger partial charge on any atom is -0.0320 e. The fourth-order valence-electron chi connectivity index (χ4n) is 2.45. The molecule has 1 saturated carbocycles. The molecule has 0 saturated heterocycles. The monoisotopic (exact) mass is 194 g/mol. The van der Waals surface area contributed by atoms with Gasteiger partial charge in [0.1, 0.15) is 0 Å². The van der Waals surface area contributed by atoms with Crippen molar-refractivity contribution in [1.29, 1.82) is 0 Å². The summed E-state index contributed by atoms with van der Waals surface area (Å²) in [6, 6.07) is 0. The molecule has 82 valence electrons. The summed E-state index contributed by atoms with van der Waals surface area (Å²) in [5.74, 6) is 2.79. The minimum atomic E-state index is 0.871. The van der Waals surface area contributed by atoms with E-state index >= 15 is 0 Å². The second-order valence-electron chi connectivity index (χ2n) is 5.54. The van der Waals surface area contributed by atoms with E-state index in [0.29, 0.717) is 0 Å². The molecule has 1 unspecified atom stereocenters. The van der Waals surface area contributed by atoms with Gasteiger partial charge in [-0.3, -0.25) is 0 Å². The van der Waals surface area contributed by atoms with Crippen LogP contribution in [0.1, 0.15) is 59.3 Å². The van der Waals surface area contributed by atoms with Crippen LogP contribution in [-0.2, 0) is 0 Å². The zero-order valence-corrected chi connectivity index (χ0v) is 10.2. The molecule has 1 fully saturated rings. The number of allylic oxidation sites excluding steroid dienone is 1. The first-order chi connectivity index (χ1) is 6.59. The summed E-state index contributed by atoms with van der Waals surface area (Å²) >= 11 is 0. The zero-order valence-electron chi connectivity index (χ0n) is 10.2. The third-order valence-corrected chi connectivity index (χ3v) is 3.74. The SMILES string of the molecule is C=C1CCC(C(C)CCC(C)C)CC1. The third kappa shape index (κ3) is 3.86. The van der Waals surface area contributed by atoms with Crippen LogP contribution >= 0.6 is 0 Å². The summed E-state index contributed by atoms with van der Waals surface area (Å²) in [6.07, 6.45) is 8.21. The highest BCUT2D eigenvalue weighted by molar-refractivity contribution is 4.98. The molecule has 0 aromatic heterocycles. The molecular formula is C14H26. The summed E-state index contributed by atoms with van der Waals surface area (Å²) in [5.41, 5.74) is 1.48. The van der Waals surface area contributed by atoms with Crippen LogP contribution < -0.4 is 0 Å². The number of hydrogen-bond donors (Lipinski definition) is 0. The highest BCUT2D eigenvalue weighted by Crippen LogP contribution is 2.34. The summed E-state index contributed by atoms with van der Waals surface area (Å²) in [7, 11) is 0. The molecule has 0 nitrogen and oxygen atoms in total. The van der Waals surface area contributed by atoms with Gasteiger partial charge in [0.25, 0.3) is 0 Å². The minimum Gasteiger partial charge on any atom is -0.0999 e. The second-order valence-corrected chi connectivity index (χ2v) is 5.54. The Morgan fingerprint density at radius 2 is 1.71 bits per heavy atom. The van der Waals surface area contributed by atoms with Gasteiger partial charge in [-0.2, -0.15) is 0 Å². The predicted molar refractivity (Wildman–Crippen MR) is 64.3 cm³/mol. The van der Waals surface area contributed by atoms with Gasteiger partial charge in [0, 0.05) is 0 Å². The zero-order chi connectivity index (χ0) is 10.6. The predicted octanol–water partition coefficient (Wildman–Crippen LogP) is 4.81. The third-order valence-electron chi connectivity index (χ3n) is 3.74. The molecular weight excluding hydrogens is 168 g/mol. The van der Waals surface area contributed by atoms with Crippen molar-refractivity contribution < 1.29 is 0 Å².